The van der Waals surface area contributed by atoms with Crippen LogP contribution in [-0.2, 0) is 4.79 Å². The standard InChI is InChI=1S/C17H15N3O3/c1-10(21)18-13-5-3-12(4-6-13)17(22)20-14-7-8-15-16(9-14)23-11(2)19-15/h3-9H,1-2H3,(H,18,21)(H,20,22). The smallest absolute Gasteiger partial charge is 0.255 e. The zero-order valence-electron chi connectivity index (χ0n) is 12.7. The van der Waals surface area contributed by atoms with Gasteiger partial charge in [-0.15, -0.1) is 0 Å². The molecule has 0 saturated carbocycles. The number of hydrogen-bond acceptors (Lipinski definition) is 4. The molecule has 0 spiro atoms. The second-order valence-corrected chi connectivity index (χ2v) is 5.13. The monoisotopic (exact) mass is 309 g/mol. The highest BCUT2D eigenvalue weighted by atomic mass is 16.3. The third-order valence-electron chi connectivity index (χ3n) is 3.22. The fourth-order valence-corrected chi connectivity index (χ4v) is 2.23. The zero-order valence-corrected chi connectivity index (χ0v) is 12.7. The third-order valence-corrected chi connectivity index (χ3v) is 3.22. The first kappa shape index (κ1) is 14.8. The maximum absolute atomic E-state index is 12.2. The van der Waals surface area contributed by atoms with Crippen LogP contribution in [0.4, 0.5) is 11.4 Å². The van der Waals surface area contributed by atoms with Gasteiger partial charge in [-0.2, -0.15) is 0 Å². The molecule has 3 rings (SSSR count). The Morgan fingerprint density at radius 2 is 1.70 bits per heavy atom. The summed E-state index contributed by atoms with van der Waals surface area (Å²) in [5, 5.41) is 5.46. The van der Waals surface area contributed by atoms with Crippen LogP contribution in [0.5, 0.6) is 0 Å². The molecule has 0 aliphatic carbocycles. The van der Waals surface area contributed by atoms with E-state index < -0.39 is 0 Å². The number of benzene rings is 2. The van der Waals surface area contributed by atoms with Crippen molar-refractivity contribution in [3.05, 3.63) is 53.9 Å². The van der Waals surface area contributed by atoms with Crippen molar-refractivity contribution in [3.63, 3.8) is 0 Å². The first-order valence-electron chi connectivity index (χ1n) is 7.07. The maximum atomic E-state index is 12.2. The van der Waals surface area contributed by atoms with Crippen LogP contribution >= 0.6 is 0 Å². The van der Waals surface area contributed by atoms with Gasteiger partial charge >= 0.3 is 0 Å². The van der Waals surface area contributed by atoms with Crippen LogP contribution in [0.15, 0.2) is 46.9 Å². The van der Waals surface area contributed by atoms with Crippen LogP contribution in [0.2, 0.25) is 0 Å². The Kier molecular flexibility index (Phi) is 3.80. The molecule has 2 N–H and O–H groups in total. The van der Waals surface area contributed by atoms with Crippen molar-refractivity contribution in [2.75, 3.05) is 10.6 Å². The van der Waals surface area contributed by atoms with E-state index >= 15 is 0 Å². The number of fused-ring (bicyclic) bond motifs is 1. The summed E-state index contributed by atoms with van der Waals surface area (Å²) >= 11 is 0. The molecular formula is C17H15N3O3. The van der Waals surface area contributed by atoms with Gasteiger partial charge in [0.05, 0.1) is 0 Å². The van der Waals surface area contributed by atoms with Gasteiger partial charge in [0, 0.05) is 36.9 Å². The summed E-state index contributed by atoms with van der Waals surface area (Å²) < 4.78 is 5.45. The Hall–Kier alpha value is -3.15. The lowest BCUT2D eigenvalue weighted by molar-refractivity contribution is -0.114. The van der Waals surface area contributed by atoms with E-state index in [1.165, 1.54) is 6.92 Å². The Bertz CT molecular complexity index is 882. The Morgan fingerprint density at radius 3 is 2.39 bits per heavy atom. The van der Waals surface area contributed by atoms with Crippen molar-refractivity contribution in [2.45, 2.75) is 13.8 Å². The summed E-state index contributed by atoms with van der Waals surface area (Å²) in [5.74, 6) is 0.185. The van der Waals surface area contributed by atoms with Gasteiger partial charge in [-0.05, 0) is 36.4 Å². The molecule has 2 aromatic carbocycles. The molecule has 2 amide bonds. The molecule has 0 unspecified atom stereocenters. The number of oxazole rings is 1. The number of nitrogens with zero attached hydrogens (tertiary/aromatic N) is 1. The van der Waals surface area contributed by atoms with Gasteiger partial charge in [-0.25, -0.2) is 4.98 Å². The summed E-state index contributed by atoms with van der Waals surface area (Å²) in [7, 11) is 0. The summed E-state index contributed by atoms with van der Waals surface area (Å²) in [4.78, 5) is 27.4. The fourth-order valence-electron chi connectivity index (χ4n) is 2.23. The predicted octanol–water partition coefficient (Wildman–Crippen LogP) is 3.35. The lowest BCUT2D eigenvalue weighted by atomic mass is 10.2. The Morgan fingerprint density at radius 1 is 1.00 bits per heavy atom. The Balaban J connectivity index is 1.75. The topological polar surface area (TPSA) is 84.2 Å². The summed E-state index contributed by atoms with van der Waals surface area (Å²) in [6, 6.07) is 12.0. The van der Waals surface area contributed by atoms with E-state index in [4.69, 9.17) is 4.42 Å². The number of amides is 2. The van der Waals surface area contributed by atoms with Crippen LogP contribution < -0.4 is 10.6 Å². The normalized spacial score (nSPS) is 10.5. The highest BCUT2D eigenvalue weighted by Gasteiger charge is 2.08. The first-order valence-corrected chi connectivity index (χ1v) is 7.07. The zero-order chi connectivity index (χ0) is 16.4. The van der Waals surface area contributed by atoms with Gasteiger partial charge in [-0.3, -0.25) is 9.59 Å². The summed E-state index contributed by atoms with van der Waals surface area (Å²) in [6.07, 6.45) is 0. The lowest BCUT2D eigenvalue weighted by Gasteiger charge is -2.06. The molecule has 0 aliphatic rings. The molecule has 1 aromatic heterocycles. The minimum Gasteiger partial charge on any atom is -0.441 e. The van der Waals surface area contributed by atoms with Gasteiger partial charge in [0.2, 0.25) is 5.91 Å². The average Bonchev–Trinajstić information content (AvgIpc) is 2.86. The molecule has 3 aromatic rings. The number of hydrogen-bond donors (Lipinski definition) is 2. The molecule has 6 nitrogen and oxygen atoms in total. The van der Waals surface area contributed by atoms with Crippen molar-refractivity contribution in [2.24, 2.45) is 0 Å². The fraction of sp³-hybridized carbons (Fsp3) is 0.118. The number of aryl methyl sites for hydroxylation is 1. The van der Waals surface area contributed by atoms with Crippen molar-refractivity contribution in [1.82, 2.24) is 4.98 Å². The molecular weight excluding hydrogens is 294 g/mol. The molecule has 0 atom stereocenters. The second-order valence-electron chi connectivity index (χ2n) is 5.13. The van der Waals surface area contributed by atoms with Crippen molar-refractivity contribution >= 4 is 34.3 Å². The minimum absolute atomic E-state index is 0.155. The molecule has 116 valence electrons. The molecule has 0 saturated heterocycles. The van der Waals surface area contributed by atoms with Gasteiger partial charge in [0.1, 0.15) is 5.52 Å². The Labute approximate surface area is 132 Å². The van der Waals surface area contributed by atoms with E-state index in [2.05, 4.69) is 15.6 Å². The van der Waals surface area contributed by atoms with E-state index in [0.29, 0.717) is 28.4 Å². The van der Waals surface area contributed by atoms with E-state index in [0.717, 1.165) is 5.52 Å². The van der Waals surface area contributed by atoms with Crippen LogP contribution in [0.1, 0.15) is 23.2 Å². The SMILES string of the molecule is CC(=O)Nc1ccc(C(=O)Nc2ccc3nc(C)oc3c2)cc1. The third kappa shape index (κ3) is 3.37. The van der Waals surface area contributed by atoms with E-state index in [9.17, 15) is 9.59 Å². The number of carbonyl (C=O) groups is 2. The molecule has 0 radical (unpaired) electrons. The second kappa shape index (κ2) is 5.92. The van der Waals surface area contributed by atoms with E-state index in [1.54, 1.807) is 49.4 Å². The average molecular weight is 309 g/mol. The number of carbonyl (C=O) groups excluding carboxylic acids is 2. The molecule has 0 bridgehead atoms. The molecule has 6 heteroatoms. The molecule has 0 fully saturated rings. The van der Waals surface area contributed by atoms with Crippen molar-refractivity contribution < 1.29 is 14.0 Å². The van der Waals surface area contributed by atoms with Crippen LogP contribution in [0, 0.1) is 6.92 Å². The highest BCUT2D eigenvalue weighted by Crippen LogP contribution is 2.20. The van der Waals surface area contributed by atoms with E-state index in [1.807, 2.05) is 0 Å². The van der Waals surface area contributed by atoms with Gasteiger partial charge in [0.15, 0.2) is 11.5 Å². The van der Waals surface area contributed by atoms with Crippen LogP contribution in [0.25, 0.3) is 11.1 Å². The van der Waals surface area contributed by atoms with Gasteiger partial charge in [0.25, 0.3) is 5.91 Å². The first-order chi connectivity index (χ1) is 11.0. The van der Waals surface area contributed by atoms with E-state index in [-0.39, 0.29) is 11.8 Å². The number of anilines is 2. The number of aromatic nitrogens is 1. The number of rotatable bonds is 3. The quantitative estimate of drug-likeness (QED) is 0.777. The molecule has 1 heterocycles. The largest absolute Gasteiger partial charge is 0.441 e. The predicted molar refractivity (Wildman–Crippen MR) is 87.4 cm³/mol. The highest BCUT2D eigenvalue weighted by molar-refractivity contribution is 6.05. The summed E-state index contributed by atoms with van der Waals surface area (Å²) in [5.41, 5.74) is 3.15. The van der Waals surface area contributed by atoms with Crippen molar-refractivity contribution in [1.29, 1.82) is 0 Å². The summed E-state index contributed by atoms with van der Waals surface area (Å²) in [6.45, 7) is 3.21. The van der Waals surface area contributed by atoms with Gasteiger partial charge < -0.3 is 15.1 Å². The number of nitrogens with one attached hydrogen (secondary N) is 2. The molecule has 23 heavy (non-hydrogen) atoms. The van der Waals surface area contributed by atoms with Gasteiger partial charge in [-0.1, -0.05) is 0 Å². The lowest BCUT2D eigenvalue weighted by Crippen LogP contribution is -2.12. The van der Waals surface area contributed by atoms with Crippen LogP contribution in [0.3, 0.4) is 0 Å². The molecule has 0 aliphatic heterocycles. The minimum atomic E-state index is -0.241. The van der Waals surface area contributed by atoms with Crippen molar-refractivity contribution in [3.8, 4) is 0 Å². The van der Waals surface area contributed by atoms with Crippen LogP contribution in [-0.4, -0.2) is 16.8 Å². The maximum Gasteiger partial charge on any atom is 0.255 e.